The van der Waals surface area contributed by atoms with Crippen molar-refractivity contribution in [2.75, 3.05) is 20.8 Å². The van der Waals surface area contributed by atoms with E-state index in [-0.39, 0.29) is 23.8 Å². The lowest BCUT2D eigenvalue weighted by atomic mass is 10.1. The third-order valence-electron chi connectivity index (χ3n) is 4.18. The highest BCUT2D eigenvalue weighted by atomic mass is 16.5. The van der Waals surface area contributed by atoms with Crippen molar-refractivity contribution in [3.8, 4) is 11.5 Å². The van der Waals surface area contributed by atoms with Gasteiger partial charge in [-0.2, -0.15) is 0 Å². The van der Waals surface area contributed by atoms with Crippen LogP contribution in [0.1, 0.15) is 21.9 Å². The van der Waals surface area contributed by atoms with E-state index in [1.807, 2.05) is 0 Å². The first-order chi connectivity index (χ1) is 14.5. The van der Waals surface area contributed by atoms with Gasteiger partial charge in [-0.3, -0.25) is 9.69 Å². The fraction of sp³-hybridized carbons (Fsp3) is 0.190. The van der Waals surface area contributed by atoms with Gasteiger partial charge in [-0.1, -0.05) is 18.7 Å². The molecule has 3 rings (SSSR count). The quantitative estimate of drug-likeness (QED) is 0.307. The Kier molecular flexibility index (Phi) is 6.21. The molecule has 3 amide bonds. The average molecular weight is 412 g/mol. The van der Waals surface area contributed by atoms with Crippen LogP contribution in [0.4, 0.5) is 4.79 Å². The van der Waals surface area contributed by atoms with Crippen LogP contribution in [0, 0.1) is 0 Å². The lowest BCUT2D eigenvalue weighted by Gasteiger charge is -2.10. The number of nitrogens with one attached hydrogen (secondary N) is 1. The highest BCUT2D eigenvalue weighted by molar-refractivity contribution is 6.13. The molecule has 2 aromatic rings. The lowest BCUT2D eigenvalue weighted by molar-refractivity contribution is -0.123. The first-order valence-corrected chi connectivity index (χ1v) is 8.90. The molecule has 1 fully saturated rings. The Bertz CT molecular complexity index is 1020. The maximum atomic E-state index is 12.7. The van der Waals surface area contributed by atoms with Gasteiger partial charge in [0.2, 0.25) is 5.76 Å². The molecule has 156 valence electrons. The average Bonchev–Trinajstić information content (AvgIpc) is 3.32. The summed E-state index contributed by atoms with van der Waals surface area (Å²) < 4.78 is 20.7. The molecule has 0 bridgehead atoms. The van der Waals surface area contributed by atoms with Crippen molar-refractivity contribution in [2.24, 2.45) is 0 Å². The first-order valence-electron chi connectivity index (χ1n) is 8.90. The third-order valence-corrected chi connectivity index (χ3v) is 4.18. The van der Waals surface area contributed by atoms with E-state index in [4.69, 9.17) is 13.9 Å². The third kappa shape index (κ3) is 4.35. The fourth-order valence-electron chi connectivity index (χ4n) is 2.75. The van der Waals surface area contributed by atoms with Crippen molar-refractivity contribution in [2.45, 2.75) is 6.54 Å². The van der Waals surface area contributed by atoms with Crippen LogP contribution in [0.25, 0.3) is 6.08 Å². The summed E-state index contributed by atoms with van der Waals surface area (Å²) in [6.07, 6.45) is 3.14. The Balaban J connectivity index is 1.77. The van der Waals surface area contributed by atoms with Crippen LogP contribution in [-0.4, -0.2) is 43.6 Å². The van der Waals surface area contributed by atoms with Crippen LogP contribution in [0.2, 0.25) is 0 Å². The van der Waals surface area contributed by atoms with Crippen LogP contribution >= 0.6 is 0 Å². The Morgan fingerprint density at radius 2 is 2.00 bits per heavy atom. The summed E-state index contributed by atoms with van der Waals surface area (Å²) in [6, 6.07) is 7.43. The Hall–Kier alpha value is -4.01. The summed E-state index contributed by atoms with van der Waals surface area (Å²) in [6.45, 7) is 3.79. The van der Waals surface area contributed by atoms with E-state index < -0.39 is 17.9 Å². The topological polar surface area (TPSA) is 107 Å². The number of hydrogen-bond donors (Lipinski definition) is 1. The van der Waals surface area contributed by atoms with Gasteiger partial charge in [-0.25, -0.2) is 9.59 Å². The van der Waals surface area contributed by atoms with Crippen molar-refractivity contribution >= 4 is 24.0 Å². The second-order valence-corrected chi connectivity index (χ2v) is 6.15. The van der Waals surface area contributed by atoms with E-state index in [2.05, 4.69) is 16.6 Å². The summed E-state index contributed by atoms with van der Waals surface area (Å²) in [7, 11) is 2.73. The normalized spacial score (nSPS) is 14.6. The molecule has 0 radical (unpaired) electrons. The molecular weight excluding hydrogens is 392 g/mol. The molecule has 0 aliphatic carbocycles. The van der Waals surface area contributed by atoms with Crippen LogP contribution in [0.3, 0.4) is 0 Å². The molecule has 0 unspecified atom stereocenters. The van der Waals surface area contributed by atoms with Crippen molar-refractivity contribution in [3.63, 3.8) is 0 Å². The van der Waals surface area contributed by atoms with Crippen molar-refractivity contribution < 1.29 is 33.0 Å². The highest BCUT2D eigenvalue weighted by Crippen LogP contribution is 2.29. The summed E-state index contributed by atoms with van der Waals surface area (Å²) in [5.41, 5.74) is 0.732. The van der Waals surface area contributed by atoms with Gasteiger partial charge in [-0.05, 0) is 35.9 Å². The van der Waals surface area contributed by atoms with Gasteiger partial charge in [0.15, 0.2) is 11.5 Å². The second-order valence-electron chi connectivity index (χ2n) is 6.15. The van der Waals surface area contributed by atoms with Crippen LogP contribution in [-0.2, 0) is 16.1 Å². The molecule has 1 N–H and O–H groups in total. The Morgan fingerprint density at radius 1 is 1.20 bits per heavy atom. The standard InChI is InChI=1S/C21H20N2O7/c1-4-9-29-16-7-5-13(11-18(16)27-2)10-15-19(24)23(21(26)22-15)12-14-6-8-17(30-14)20(25)28-3/h4-8,10-11H,1,9,12H2,2-3H3,(H,22,26). The van der Waals surface area contributed by atoms with E-state index in [1.54, 1.807) is 24.3 Å². The number of nitrogens with zero attached hydrogens (tertiary/aromatic N) is 1. The zero-order chi connectivity index (χ0) is 21.7. The van der Waals surface area contributed by atoms with E-state index in [0.29, 0.717) is 23.7 Å². The maximum absolute atomic E-state index is 12.7. The second kappa shape index (κ2) is 8.99. The minimum atomic E-state index is -0.645. The highest BCUT2D eigenvalue weighted by Gasteiger charge is 2.34. The summed E-state index contributed by atoms with van der Waals surface area (Å²) >= 11 is 0. The summed E-state index contributed by atoms with van der Waals surface area (Å²) in [5.74, 6) is 0.0927. The zero-order valence-electron chi connectivity index (χ0n) is 16.5. The minimum absolute atomic E-state index is 0.0128. The Labute approximate surface area is 172 Å². The van der Waals surface area contributed by atoms with Gasteiger partial charge >= 0.3 is 12.0 Å². The maximum Gasteiger partial charge on any atom is 0.373 e. The van der Waals surface area contributed by atoms with Crippen LogP contribution in [0.5, 0.6) is 11.5 Å². The molecule has 0 atom stereocenters. The fourth-order valence-corrected chi connectivity index (χ4v) is 2.75. The number of carbonyl (C=O) groups excluding carboxylic acids is 3. The molecule has 2 heterocycles. The van der Waals surface area contributed by atoms with Gasteiger partial charge in [0.1, 0.15) is 18.1 Å². The van der Waals surface area contributed by atoms with Crippen molar-refractivity contribution in [1.29, 1.82) is 0 Å². The zero-order valence-corrected chi connectivity index (χ0v) is 16.5. The predicted octanol–water partition coefficient (Wildman–Crippen LogP) is 2.73. The number of carbonyl (C=O) groups is 3. The number of benzene rings is 1. The van der Waals surface area contributed by atoms with Crippen molar-refractivity contribution in [1.82, 2.24) is 10.2 Å². The number of esters is 1. The van der Waals surface area contributed by atoms with Crippen LogP contribution < -0.4 is 14.8 Å². The van der Waals surface area contributed by atoms with Gasteiger partial charge < -0.3 is 23.9 Å². The number of urea groups is 1. The van der Waals surface area contributed by atoms with E-state index >= 15 is 0 Å². The number of imide groups is 1. The molecule has 0 saturated carbocycles. The van der Waals surface area contributed by atoms with Gasteiger partial charge in [0.25, 0.3) is 5.91 Å². The van der Waals surface area contributed by atoms with E-state index in [0.717, 1.165) is 4.90 Å². The lowest BCUT2D eigenvalue weighted by Crippen LogP contribution is -2.30. The number of amides is 3. The molecule has 9 nitrogen and oxygen atoms in total. The largest absolute Gasteiger partial charge is 0.493 e. The molecular formula is C21H20N2O7. The Morgan fingerprint density at radius 3 is 2.70 bits per heavy atom. The van der Waals surface area contributed by atoms with E-state index in [1.165, 1.54) is 32.4 Å². The minimum Gasteiger partial charge on any atom is -0.493 e. The number of furan rings is 1. The number of methoxy groups -OCH3 is 2. The van der Waals surface area contributed by atoms with Gasteiger partial charge in [0.05, 0.1) is 20.8 Å². The molecule has 9 heteroatoms. The molecule has 1 aromatic heterocycles. The first kappa shape index (κ1) is 20.7. The number of hydrogen-bond acceptors (Lipinski definition) is 7. The molecule has 0 spiro atoms. The molecule has 1 aromatic carbocycles. The van der Waals surface area contributed by atoms with Gasteiger partial charge in [0, 0.05) is 0 Å². The smallest absolute Gasteiger partial charge is 0.373 e. The van der Waals surface area contributed by atoms with E-state index in [9.17, 15) is 14.4 Å². The van der Waals surface area contributed by atoms with Gasteiger partial charge in [-0.15, -0.1) is 0 Å². The molecule has 30 heavy (non-hydrogen) atoms. The summed E-state index contributed by atoms with van der Waals surface area (Å²) in [5, 5.41) is 2.53. The number of rotatable bonds is 8. The predicted molar refractivity (Wildman–Crippen MR) is 106 cm³/mol. The number of ether oxygens (including phenoxy) is 3. The SMILES string of the molecule is C=CCOc1ccc(C=C2NC(=O)N(Cc3ccc(C(=O)OC)o3)C2=O)cc1OC. The monoisotopic (exact) mass is 412 g/mol. The van der Waals surface area contributed by atoms with Crippen LogP contribution in [0.15, 0.2) is 53.1 Å². The molecule has 1 aliphatic heterocycles. The molecule has 1 saturated heterocycles. The molecule has 1 aliphatic rings. The van der Waals surface area contributed by atoms with Crippen molar-refractivity contribution in [3.05, 3.63) is 65.8 Å². The summed E-state index contributed by atoms with van der Waals surface area (Å²) in [4.78, 5) is 37.4.